The second-order valence-electron chi connectivity index (χ2n) is 6.65. The number of ketones is 2. The van der Waals surface area contributed by atoms with Gasteiger partial charge in [0.25, 0.3) is 0 Å². The molecule has 0 radical (unpaired) electrons. The summed E-state index contributed by atoms with van der Waals surface area (Å²) < 4.78 is 29.0. The topological polar surface area (TPSA) is 136 Å². The molecule has 0 amide bonds. The molecule has 0 heterocycles. The fraction of sp³-hybridized carbons (Fsp3) is 0.0952. The van der Waals surface area contributed by atoms with Gasteiger partial charge < -0.3 is 20.9 Å². The van der Waals surface area contributed by atoms with E-state index in [1.807, 2.05) is 0 Å². The van der Waals surface area contributed by atoms with Crippen molar-refractivity contribution in [2.24, 2.45) is 0 Å². The average molecular weight is 424 g/mol. The number of benzene rings is 2. The maximum absolute atomic E-state index is 13.0. The lowest BCUT2D eigenvalue weighted by atomic mass is 9.82. The number of nitrogens with two attached hydrogens (primary N) is 1. The first-order chi connectivity index (χ1) is 14.3. The van der Waals surface area contributed by atoms with Crippen LogP contribution in [0.1, 0.15) is 31.8 Å². The van der Waals surface area contributed by atoms with E-state index >= 15 is 0 Å². The Hall–Kier alpha value is -3.85. The fourth-order valence-electron chi connectivity index (χ4n) is 3.47. The Balaban J connectivity index is 1.82. The largest absolute Gasteiger partial charge is 0.507 e. The van der Waals surface area contributed by atoms with Crippen molar-refractivity contribution in [1.82, 2.24) is 5.32 Å². The van der Waals surface area contributed by atoms with Crippen molar-refractivity contribution in [1.29, 1.82) is 0 Å². The van der Waals surface area contributed by atoms with Gasteiger partial charge in [-0.1, -0.05) is 24.3 Å². The lowest BCUT2D eigenvalue weighted by molar-refractivity contribution is 0.0977. The highest BCUT2D eigenvalue weighted by Crippen LogP contribution is 2.41. The van der Waals surface area contributed by atoms with E-state index in [1.165, 1.54) is 24.3 Å². The molecule has 0 aromatic heterocycles. The summed E-state index contributed by atoms with van der Waals surface area (Å²) in [5, 5.41) is 13.3. The van der Waals surface area contributed by atoms with E-state index < -0.39 is 33.7 Å². The smallest absolute Gasteiger partial charge is 0.221 e. The van der Waals surface area contributed by atoms with E-state index in [4.69, 9.17) is 10.5 Å². The predicted molar refractivity (Wildman–Crippen MR) is 110 cm³/mol. The third-order valence-corrected chi connectivity index (χ3v) is 5.68. The third kappa shape index (κ3) is 2.96. The molecule has 0 bridgehead atoms. The van der Waals surface area contributed by atoms with Gasteiger partial charge >= 0.3 is 0 Å². The summed E-state index contributed by atoms with van der Waals surface area (Å²) in [6, 6.07) is 7.36. The minimum Gasteiger partial charge on any atom is -0.507 e. The number of anilines is 1. The number of hydrogen-bond acceptors (Lipinski definition) is 8. The minimum atomic E-state index is -2.58. The number of aromatic hydroxyl groups is 1. The molecule has 0 saturated heterocycles. The first kappa shape index (κ1) is 19.5. The minimum absolute atomic E-state index is 0.0637. The average Bonchev–Trinajstić information content (AvgIpc) is 2.74. The Bertz CT molecular complexity index is 1310. The van der Waals surface area contributed by atoms with Crippen LogP contribution in [0.3, 0.4) is 0 Å². The number of rotatable bonds is 3. The Morgan fingerprint density at radius 2 is 1.73 bits per heavy atom. The highest BCUT2D eigenvalue weighted by atomic mass is 32.2. The van der Waals surface area contributed by atoms with Crippen molar-refractivity contribution in [2.75, 3.05) is 12.8 Å². The molecule has 1 unspecified atom stereocenters. The Kier molecular flexibility index (Phi) is 4.67. The van der Waals surface area contributed by atoms with E-state index in [0.717, 1.165) is 6.07 Å². The number of allylic oxidation sites excluding steroid dienone is 1. The molecule has 9 heteroatoms. The fourth-order valence-corrected chi connectivity index (χ4v) is 4.01. The van der Waals surface area contributed by atoms with Crippen molar-refractivity contribution < 1.29 is 27.9 Å². The molecule has 4 N–H and O–H groups in total. The molecule has 8 nitrogen and oxygen atoms in total. The number of ether oxygens (including phenoxy) is 1. The van der Waals surface area contributed by atoms with Gasteiger partial charge in [-0.15, -0.1) is 0 Å². The molecular formula is C21H16N2O6S. The molecule has 2 aliphatic carbocycles. The molecule has 0 spiro atoms. The molecule has 4 rings (SSSR count). The van der Waals surface area contributed by atoms with E-state index in [2.05, 4.69) is 5.32 Å². The standard InChI is InChI=1S/C21H16N2O6S/c1-23-10-6-7-14(16(8-10)30(27)28)29-15-9-13(24)17-18(19(15)22)21(26)12-5-3-2-4-11(12)20(17)25/h2-9,14,23-24H,22H2,1H3. The van der Waals surface area contributed by atoms with Gasteiger partial charge in [-0.05, 0) is 18.2 Å². The molecule has 0 saturated carbocycles. The number of phenols is 1. The van der Waals surface area contributed by atoms with Gasteiger partial charge in [0.1, 0.15) is 16.4 Å². The van der Waals surface area contributed by atoms with Crippen LogP contribution in [-0.4, -0.2) is 43.1 Å². The molecule has 152 valence electrons. The molecule has 0 aliphatic heterocycles. The van der Waals surface area contributed by atoms with E-state index in [-0.39, 0.29) is 38.6 Å². The number of phenolic OH excluding ortho intramolecular Hbond substituents is 1. The summed E-state index contributed by atoms with van der Waals surface area (Å²) in [5.41, 5.74) is 6.55. The highest BCUT2D eigenvalue weighted by Gasteiger charge is 2.35. The van der Waals surface area contributed by atoms with Crippen molar-refractivity contribution in [3.63, 3.8) is 0 Å². The highest BCUT2D eigenvalue weighted by molar-refractivity contribution is 7.73. The van der Waals surface area contributed by atoms with E-state index in [9.17, 15) is 23.1 Å². The van der Waals surface area contributed by atoms with Crippen LogP contribution < -0.4 is 15.8 Å². The zero-order valence-electron chi connectivity index (χ0n) is 15.7. The maximum atomic E-state index is 13.0. The molecule has 1 atom stereocenters. The number of fused-ring (bicyclic) bond motifs is 2. The second kappa shape index (κ2) is 7.20. The molecule has 2 aromatic carbocycles. The van der Waals surface area contributed by atoms with Crippen LogP contribution in [0.25, 0.3) is 0 Å². The van der Waals surface area contributed by atoms with Gasteiger partial charge in [-0.2, -0.15) is 8.42 Å². The van der Waals surface area contributed by atoms with Crippen LogP contribution in [0.2, 0.25) is 0 Å². The van der Waals surface area contributed by atoms with Crippen molar-refractivity contribution >= 4 is 32.4 Å². The molecule has 2 aromatic rings. The zero-order chi connectivity index (χ0) is 21.6. The van der Waals surface area contributed by atoms with Gasteiger partial charge in [0.05, 0.1) is 16.8 Å². The zero-order valence-corrected chi connectivity index (χ0v) is 16.5. The molecule has 2 aliphatic rings. The Morgan fingerprint density at radius 1 is 1.10 bits per heavy atom. The van der Waals surface area contributed by atoms with Gasteiger partial charge in [-0.25, -0.2) is 0 Å². The van der Waals surface area contributed by atoms with Crippen LogP contribution in [0.4, 0.5) is 5.69 Å². The first-order valence-electron chi connectivity index (χ1n) is 8.87. The quantitative estimate of drug-likeness (QED) is 0.324. The number of nitrogens with one attached hydrogen (secondary N) is 1. The van der Waals surface area contributed by atoms with Crippen LogP contribution in [0, 0.1) is 0 Å². The molecule has 0 fully saturated rings. The summed E-state index contributed by atoms with van der Waals surface area (Å²) in [4.78, 5) is 25.7. The van der Waals surface area contributed by atoms with Crippen LogP contribution in [0.5, 0.6) is 11.5 Å². The summed E-state index contributed by atoms with van der Waals surface area (Å²) in [7, 11) is -0.943. The predicted octanol–water partition coefficient (Wildman–Crippen LogP) is 1.22. The molecule has 30 heavy (non-hydrogen) atoms. The lowest BCUT2D eigenvalue weighted by Crippen LogP contribution is -2.29. The SMILES string of the molecule is CNC1=CC(=S(=O)=O)C(Oc2cc(O)c3c(c2N)C(=O)c2ccccc2C3=O)C=C1. The van der Waals surface area contributed by atoms with Crippen molar-refractivity contribution in [3.8, 4) is 11.5 Å². The summed E-state index contributed by atoms with van der Waals surface area (Å²) in [6.07, 6.45) is 3.49. The van der Waals surface area contributed by atoms with Gasteiger partial charge in [0, 0.05) is 29.9 Å². The Labute approximate surface area is 172 Å². The number of carbonyl (C=O) groups excluding carboxylic acids is 2. The maximum Gasteiger partial charge on any atom is 0.221 e. The molecular weight excluding hydrogens is 408 g/mol. The van der Waals surface area contributed by atoms with Gasteiger partial charge in [-0.3, -0.25) is 9.59 Å². The van der Waals surface area contributed by atoms with Gasteiger partial charge in [0.2, 0.25) is 10.3 Å². The van der Waals surface area contributed by atoms with Crippen LogP contribution >= 0.6 is 0 Å². The lowest BCUT2D eigenvalue weighted by Gasteiger charge is -2.24. The van der Waals surface area contributed by atoms with Crippen molar-refractivity contribution in [2.45, 2.75) is 6.10 Å². The van der Waals surface area contributed by atoms with E-state index in [1.54, 1.807) is 25.3 Å². The monoisotopic (exact) mass is 424 g/mol. The number of carbonyl (C=O) groups is 2. The number of nitrogen functional groups attached to an aromatic ring is 1. The van der Waals surface area contributed by atoms with Crippen LogP contribution in [-0.2, 0) is 10.3 Å². The van der Waals surface area contributed by atoms with Crippen molar-refractivity contribution in [3.05, 3.63) is 76.5 Å². The number of hydrogen-bond donors (Lipinski definition) is 3. The first-order valence-corrected chi connectivity index (χ1v) is 9.95. The van der Waals surface area contributed by atoms with Crippen LogP contribution in [0.15, 0.2) is 54.3 Å². The third-order valence-electron chi connectivity index (χ3n) is 4.94. The Morgan fingerprint density at radius 3 is 2.33 bits per heavy atom. The summed E-state index contributed by atoms with van der Waals surface area (Å²) in [5.74, 6) is -1.63. The normalized spacial score (nSPS) is 17.2. The summed E-state index contributed by atoms with van der Waals surface area (Å²) >= 11 is 0. The summed E-state index contributed by atoms with van der Waals surface area (Å²) in [6.45, 7) is 0. The second-order valence-corrected chi connectivity index (χ2v) is 7.59. The van der Waals surface area contributed by atoms with Gasteiger partial charge in [0.15, 0.2) is 17.7 Å². The number of likely N-dealkylation sites (N-methyl/N-ethyl adjacent to an activating group) is 1. The van der Waals surface area contributed by atoms with E-state index in [0.29, 0.717) is 5.70 Å².